The van der Waals surface area contributed by atoms with Gasteiger partial charge in [0.15, 0.2) is 0 Å². The van der Waals surface area contributed by atoms with E-state index in [0.29, 0.717) is 32.6 Å². The summed E-state index contributed by atoms with van der Waals surface area (Å²) in [6.45, 7) is 5.55. The van der Waals surface area contributed by atoms with E-state index in [1.54, 1.807) is 0 Å². The molecule has 1 heterocycles. The van der Waals surface area contributed by atoms with Crippen LogP contribution in [0.4, 0.5) is 5.69 Å². The summed E-state index contributed by atoms with van der Waals surface area (Å²) in [6, 6.07) is 26.7. The molecule has 0 amide bonds. The topological polar surface area (TPSA) is 60.5 Å². The lowest BCUT2D eigenvalue weighted by molar-refractivity contribution is -0.143. The second-order valence-electron chi connectivity index (χ2n) is 7.91. The van der Waals surface area contributed by atoms with Crippen molar-refractivity contribution >= 4 is 22.6 Å². The summed E-state index contributed by atoms with van der Waals surface area (Å²) in [5, 5.41) is 4.55. The molecule has 0 atom stereocenters. The van der Waals surface area contributed by atoms with E-state index in [2.05, 4.69) is 47.8 Å². The van der Waals surface area contributed by atoms with E-state index in [9.17, 15) is 4.79 Å². The van der Waals surface area contributed by atoms with E-state index in [1.165, 1.54) is 0 Å². The van der Waals surface area contributed by atoms with Crippen molar-refractivity contribution in [3.8, 4) is 28.1 Å². The quantitative estimate of drug-likeness (QED) is 0.213. The molecule has 0 unspecified atom stereocenters. The number of nitrogens with one attached hydrogen (secondary N) is 1. The van der Waals surface area contributed by atoms with Gasteiger partial charge < -0.3 is 14.8 Å². The molecule has 3 aromatic carbocycles. The second kappa shape index (κ2) is 11.3. The second-order valence-corrected chi connectivity index (χ2v) is 7.91. The van der Waals surface area contributed by atoms with Crippen molar-refractivity contribution < 1.29 is 14.3 Å². The molecule has 0 fully saturated rings. The molecule has 5 nitrogen and oxygen atoms in total. The van der Waals surface area contributed by atoms with Crippen LogP contribution in [0.25, 0.3) is 33.3 Å². The average Bonchev–Trinajstić information content (AvgIpc) is 2.87. The van der Waals surface area contributed by atoms with Crippen LogP contribution >= 0.6 is 0 Å². The molecule has 34 heavy (non-hydrogen) atoms. The number of hydrogen-bond donors (Lipinski definition) is 1. The van der Waals surface area contributed by atoms with E-state index >= 15 is 0 Å². The molecule has 5 heteroatoms. The normalized spacial score (nSPS) is 10.8. The Bertz CT molecular complexity index is 1250. The van der Waals surface area contributed by atoms with Gasteiger partial charge in [-0.15, -0.1) is 0 Å². The zero-order valence-corrected chi connectivity index (χ0v) is 19.7. The Morgan fingerprint density at radius 3 is 2.41 bits per heavy atom. The zero-order chi connectivity index (χ0) is 23.8. The largest absolute Gasteiger partial charge is 0.493 e. The monoisotopic (exact) mass is 454 g/mol. The summed E-state index contributed by atoms with van der Waals surface area (Å²) in [5.74, 6) is 0.728. The molecule has 0 bridgehead atoms. The molecule has 0 radical (unpaired) electrons. The summed E-state index contributed by atoms with van der Waals surface area (Å²) in [4.78, 5) is 16.5. The van der Waals surface area contributed by atoms with Crippen LogP contribution in [0.1, 0.15) is 26.7 Å². The molecular formula is C29H30N2O3. The third-order valence-electron chi connectivity index (χ3n) is 5.57. The number of nitrogens with zero attached hydrogens (tertiary/aromatic N) is 1. The highest BCUT2D eigenvalue weighted by molar-refractivity contribution is 5.94. The summed E-state index contributed by atoms with van der Waals surface area (Å²) in [6.07, 6.45) is 1.11. The summed E-state index contributed by atoms with van der Waals surface area (Å²) in [7, 11) is 0. The van der Waals surface area contributed by atoms with Crippen molar-refractivity contribution in [2.75, 3.05) is 25.1 Å². The highest BCUT2D eigenvalue weighted by Crippen LogP contribution is 2.33. The van der Waals surface area contributed by atoms with Crippen molar-refractivity contribution in [2.45, 2.75) is 26.7 Å². The van der Waals surface area contributed by atoms with E-state index in [-0.39, 0.29) is 5.97 Å². The molecule has 1 N–H and O–H groups in total. The standard InChI is InChI=1S/C29H30N2O3/c1-3-33-28-13-8-6-10-23(28)21-15-17-22(18-16-21)26-20-27(24-11-5-7-12-25(24)31-26)30-19-9-14-29(32)34-4-2/h5-8,10-13,15-18,20H,3-4,9,14,19H2,1-2H3,(H,30,31). The van der Waals surface area contributed by atoms with Crippen LogP contribution < -0.4 is 10.1 Å². The highest BCUT2D eigenvalue weighted by atomic mass is 16.5. The van der Waals surface area contributed by atoms with Gasteiger partial charge in [-0.25, -0.2) is 4.98 Å². The van der Waals surface area contributed by atoms with Crippen molar-refractivity contribution in [3.05, 3.63) is 78.9 Å². The molecular weight excluding hydrogens is 424 g/mol. The third-order valence-corrected chi connectivity index (χ3v) is 5.57. The van der Waals surface area contributed by atoms with Gasteiger partial charge in [0.05, 0.1) is 24.4 Å². The first kappa shape index (κ1) is 23.3. The van der Waals surface area contributed by atoms with Crippen LogP contribution in [-0.2, 0) is 9.53 Å². The van der Waals surface area contributed by atoms with E-state index in [1.807, 2.05) is 50.2 Å². The van der Waals surface area contributed by atoms with Gasteiger partial charge in [-0.2, -0.15) is 0 Å². The molecule has 4 rings (SSSR count). The van der Waals surface area contributed by atoms with Crippen molar-refractivity contribution in [1.29, 1.82) is 0 Å². The van der Waals surface area contributed by atoms with Crippen molar-refractivity contribution in [1.82, 2.24) is 4.98 Å². The molecule has 174 valence electrons. The summed E-state index contributed by atoms with van der Waals surface area (Å²) >= 11 is 0. The fraction of sp³-hybridized carbons (Fsp3) is 0.241. The molecule has 0 aliphatic rings. The first-order valence-corrected chi connectivity index (χ1v) is 11.8. The first-order chi connectivity index (χ1) is 16.7. The summed E-state index contributed by atoms with van der Waals surface area (Å²) < 4.78 is 10.8. The molecule has 0 aliphatic heterocycles. The van der Waals surface area contributed by atoms with Gasteiger partial charge in [0.1, 0.15) is 5.75 Å². The Hall–Kier alpha value is -3.86. The molecule has 0 spiro atoms. The maximum absolute atomic E-state index is 11.6. The number of fused-ring (bicyclic) bond motifs is 1. The van der Waals surface area contributed by atoms with Gasteiger partial charge >= 0.3 is 5.97 Å². The van der Waals surface area contributed by atoms with E-state index in [0.717, 1.165) is 44.7 Å². The SMILES string of the molecule is CCOC(=O)CCCNc1cc(-c2ccc(-c3ccccc3OCC)cc2)nc2ccccc12. The van der Waals surface area contributed by atoms with Gasteiger partial charge in [-0.1, -0.05) is 60.7 Å². The number of rotatable bonds is 10. The molecule has 0 saturated carbocycles. The number of anilines is 1. The van der Waals surface area contributed by atoms with Gasteiger partial charge in [-0.05, 0) is 44.0 Å². The van der Waals surface area contributed by atoms with Crippen LogP contribution in [-0.4, -0.2) is 30.7 Å². The van der Waals surface area contributed by atoms with Gasteiger partial charge in [0.25, 0.3) is 0 Å². The number of hydrogen-bond acceptors (Lipinski definition) is 5. The Labute approximate surface area is 200 Å². The molecule has 1 aromatic heterocycles. The third kappa shape index (κ3) is 5.54. The number of carbonyl (C=O) groups excluding carboxylic acids is 1. The summed E-state index contributed by atoms with van der Waals surface area (Å²) in [5.41, 5.74) is 6.06. The van der Waals surface area contributed by atoms with Crippen molar-refractivity contribution in [3.63, 3.8) is 0 Å². The van der Waals surface area contributed by atoms with Crippen LogP contribution in [0, 0.1) is 0 Å². The van der Waals surface area contributed by atoms with Crippen LogP contribution in [0.3, 0.4) is 0 Å². The average molecular weight is 455 g/mol. The molecule has 4 aromatic rings. The highest BCUT2D eigenvalue weighted by Gasteiger charge is 2.10. The molecule has 0 saturated heterocycles. The fourth-order valence-corrected chi connectivity index (χ4v) is 3.97. The number of esters is 1. The van der Waals surface area contributed by atoms with E-state index in [4.69, 9.17) is 14.5 Å². The number of pyridine rings is 1. The van der Waals surface area contributed by atoms with Gasteiger partial charge in [-0.3, -0.25) is 4.79 Å². The minimum absolute atomic E-state index is 0.157. The Morgan fingerprint density at radius 2 is 1.62 bits per heavy atom. The number of para-hydroxylation sites is 2. The zero-order valence-electron chi connectivity index (χ0n) is 19.7. The fourth-order valence-electron chi connectivity index (χ4n) is 3.97. The first-order valence-electron chi connectivity index (χ1n) is 11.8. The van der Waals surface area contributed by atoms with Crippen LogP contribution in [0.2, 0.25) is 0 Å². The number of carbonyl (C=O) groups is 1. The maximum atomic E-state index is 11.6. The lowest BCUT2D eigenvalue weighted by Gasteiger charge is -2.13. The van der Waals surface area contributed by atoms with Crippen molar-refractivity contribution in [2.24, 2.45) is 0 Å². The lowest BCUT2D eigenvalue weighted by atomic mass is 10.0. The Kier molecular flexibility index (Phi) is 7.76. The Morgan fingerprint density at radius 1 is 0.882 bits per heavy atom. The maximum Gasteiger partial charge on any atom is 0.305 e. The van der Waals surface area contributed by atoms with E-state index < -0.39 is 0 Å². The van der Waals surface area contributed by atoms with Gasteiger partial charge in [0.2, 0.25) is 0 Å². The predicted octanol–water partition coefficient (Wildman–Crippen LogP) is 6.72. The van der Waals surface area contributed by atoms with Crippen LogP contribution in [0.15, 0.2) is 78.9 Å². The number of benzene rings is 3. The van der Waals surface area contributed by atoms with Gasteiger partial charge in [0, 0.05) is 35.2 Å². The predicted molar refractivity (Wildman–Crippen MR) is 138 cm³/mol. The smallest absolute Gasteiger partial charge is 0.305 e. The Balaban J connectivity index is 1.58. The lowest BCUT2D eigenvalue weighted by Crippen LogP contribution is -2.08. The number of aromatic nitrogens is 1. The number of ether oxygens (including phenoxy) is 2. The van der Waals surface area contributed by atoms with Crippen LogP contribution in [0.5, 0.6) is 5.75 Å². The minimum Gasteiger partial charge on any atom is -0.493 e. The minimum atomic E-state index is -0.157. The molecule has 0 aliphatic carbocycles.